The summed E-state index contributed by atoms with van der Waals surface area (Å²) in [4.78, 5) is 19.5. The first-order valence-electron chi connectivity index (χ1n) is 8.20. The molecule has 0 spiro atoms. The number of aromatic amines is 1. The third-order valence-corrected chi connectivity index (χ3v) is 4.69. The van der Waals surface area contributed by atoms with Gasteiger partial charge in [-0.2, -0.15) is 4.98 Å². The molecule has 0 aliphatic rings. The number of hydrogen-bond acceptors (Lipinski definition) is 4. The Morgan fingerprint density at radius 1 is 0.923 bits per heavy atom. The minimum absolute atomic E-state index is 0.0798. The number of imidazole rings is 1. The van der Waals surface area contributed by atoms with Gasteiger partial charge in [-0.15, -0.1) is 0 Å². The van der Waals surface area contributed by atoms with Gasteiger partial charge in [-0.3, -0.25) is 14.3 Å². The largest absolute Gasteiger partial charge is 0.369 e. The molecule has 26 heavy (non-hydrogen) atoms. The number of anilines is 1. The molecular formula is C19H17N5OS. The van der Waals surface area contributed by atoms with Gasteiger partial charge in [-0.05, 0) is 23.3 Å². The van der Waals surface area contributed by atoms with Gasteiger partial charge < -0.3 is 10.3 Å². The number of nitrogen functional groups attached to an aromatic ring is 1. The number of benzene rings is 2. The molecule has 0 fully saturated rings. The third-order valence-electron chi connectivity index (χ3n) is 4.25. The molecule has 0 aliphatic heterocycles. The third kappa shape index (κ3) is 2.93. The van der Waals surface area contributed by atoms with Crippen LogP contribution in [-0.2, 0) is 13.1 Å². The maximum atomic E-state index is 12.6. The van der Waals surface area contributed by atoms with Crippen LogP contribution in [0.5, 0.6) is 0 Å². The second-order valence-corrected chi connectivity index (χ2v) is 6.41. The lowest BCUT2D eigenvalue weighted by Gasteiger charge is -2.05. The molecule has 4 rings (SSSR count). The predicted molar refractivity (Wildman–Crippen MR) is 105 cm³/mol. The smallest absolute Gasteiger partial charge is 0.278 e. The number of nitrogens with one attached hydrogen (secondary N) is 1. The second-order valence-electron chi connectivity index (χ2n) is 6.05. The lowest BCUT2D eigenvalue weighted by atomic mass is 10.2. The van der Waals surface area contributed by atoms with E-state index in [2.05, 4.69) is 9.97 Å². The first-order valence-corrected chi connectivity index (χ1v) is 8.61. The normalized spacial score (nSPS) is 11.1. The second kappa shape index (κ2) is 6.61. The number of rotatable bonds is 4. The van der Waals surface area contributed by atoms with E-state index in [-0.39, 0.29) is 11.5 Å². The molecule has 0 atom stereocenters. The van der Waals surface area contributed by atoms with Crippen LogP contribution in [0.4, 0.5) is 5.95 Å². The molecule has 130 valence electrons. The summed E-state index contributed by atoms with van der Waals surface area (Å²) >= 11 is 5.69. The summed E-state index contributed by atoms with van der Waals surface area (Å²) in [6, 6.07) is 19.8. The number of nitrogens with two attached hydrogens (primary N) is 1. The minimum atomic E-state index is -0.290. The van der Waals surface area contributed by atoms with E-state index in [0.717, 1.165) is 11.1 Å². The van der Waals surface area contributed by atoms with E-state index in [1.54, 1.807) is 0 Å². The number of hydrogen-bond donors (Lipinski definition) is 2. The van der Waals surface area contributed by atoms with E-state index >= 15 is 0 Å². The van der Waals surface area contributed by atoms with Gasteiger partial charge in [0.05, 0.1) is 13.1 Å². The highest BCUT2D eigenvalue weighted by atomic mass is 32.1. The number of aromatic nitrogens is 4. The molecule has 0 amide bonds. The lowest BCUT2D eigenvalue weighted by Crippen LogP contribution is -2.15. The fraction of sp³-hybridized carbons (Fsp3) is 0.105. The summed E-state index contributed by atoms with van der Waals surface area (Å²) in [5.74, 6) is 0.0798. The molecule has 0 bridgehead atoms. The predicted octanol–water partition coefficient (Wildman–Crippen LogP) is 2.93. The van der Waals surface area contributed by atoms with Crippen molar-refractivity contribution < 1.29 is 0 Å². The zero-order valence-electron chi connectivity index (χ0n) is 13.9. The molecular weight excluding hydrogens is 346 g/mol. The van der Waals surface area contributed by atoms with Gasteiger partial charge in [0.25, 0.3) is 5.56 Å². The molecule has 2 aromatic heterocycles. The maximum absolute atomic E-state index is 12.6. The molecule has 0 aliphatic carbocycles. The average molecular weight is 363 g/mol. The Morgan fingerprint density at radius 2 is 1.46 bits per heavy atom. The molecule has 3 N–H and O–H groups in total. The molecule has 0 saturated heterocycles. The standard InChI is InChI=1S/C19H17N5OS/c20-18-21-16-15(17(25)22-18)23(11-13-7-3-1-4-8-13)19(26)24(16)12-14-9-5-2-6-10-14/h1-10H,11-12H2,(H3,20,21,22,25). The Hall–Kier alpha value is -3.19. The molecule has 6 nitrogen and oxygen atoms in total. The quantitative estimate of drug-likeness (QED) is 0.546. The summed E-state index contributed by atoms with van der Waals surface area (Å²) in [6.45, 7) is 1.01. The average Bonchev–Trinajstić information content (AvgIpc) is 2.89. The van der Waals surface area contributed by atoms with Crippen molar-refractivity contribution >= 4 is 29.3 Å². The fourth-order valence-corrected chi connectivity index (χ4v) is 3.36. The van der Waals surface area contributed by atoms with Crippen LogP contribution < -0.4 is 11.3 Å². The molecule has 7 heteroatoms. The summed E-state index contributed by atoms with van der Waals surface area (Å²) in [7, 11) is 0. The Morgan fingerprint density at radius 3 is 2.04 bits per heavy atom. The van der Waals surface area contributed by atoms with Gasteiger partial charge in [0.1, 0.15) is 0 Å². The maximum Gasteiger partial charge on any atom is 0.278 e. The van der Waals surface area contributed by atoms with E-state index in [1.807, 2.05) is 69.8 Å². The summed E-state index contributed by atoms with van der Waals surface area (Å²) < 4.78 is 4.21. The van der Waals surface area contributed by atoms with Crippen LogP contribution in [0, 0.1) is 4.77 Å². The lowest BCUT2D eigenvalue weighted by molar-refractivity contribution is 0.727. The van der Waals surface area contributed by atoms with Crippen molar-refractivity contribution in [2.24, 2.45) is 0 Å². The number of H-pyrrole nitrogens is 1. The Balaban J connectivity index is 1.93. The topological polar surface area (TPSA) is 81.6 Å². The molecule has 0 unspecified atom stereocenters. The van der Waals surface area contributed by atoms with Crippen LogP contribution in [0.3, 0.4) is 0 Å². The highest BCUT2D eigenvalue weighted by Crippen LogP contribution is 2.17. The number of nitrogens with zero attached hydrogens (tertiary/aromatic N) is 3. The zero-order chi connectivity index (χ0) is 18.1. The van der Waals surface area contributed by atoms with Crippen molar-refractivity contribution in [2.75, 3.05) is 5.73 Å². The monoisotopic (exact) mass is 363 g/mol. The van der Waals surface area contributed by atoms with Gasteiger partial charge in [-0.25, -0.2) is 0 Å². The van der Waals surface area contributed by atoms with Gasteiger partial charge in [0.2, 0.25) is 5.95 Å². The first-order chi connectivity index (χ1) is 12.6. The van der Waals surface area contributed by atoms with E-state index < -0.39 is 0 Å². The minimum Gasteiger partial charge on any atom is -0.369 e. The molecule has 4 aromatic rings. The van der Waals surface area contributed by atoms with Gasteiger partial charge in [0.15, 0.2) is 15.9 Å². The number of fused-ring (bicyclic) bond motifs is 1. The van der Waals surface area contributed by atoms with Crippen LogP contribution in [0.1, 0.15) is 11.1 Å². The van der Waals surface area contributed by atoms with Crippen LogP contribution >= 0.6 is 12.2 Å². The van der Waals surface area contributed by atoms with Crippen molar-refractivity contribution in [3.05, 3.63) is 86.9 Å². The van der Waals surface area contributed by atoms with Crippen LogP contribution in [0.2, 0.25) is 0 Å². The van der Waals surface area contributed by atoms with Crippen molar-refractivity contribution in [1.82, 2.24) is 19.1 Å². The zero-order valence-corrected chi connectivity index (χ0v) is 14.7. The van der Waals surface area contributed by atoms with Crippen LogP contribution in [-0.4, -0.2) is 19.1 Å². The van der Waals surface area contributed by atoms with Gasteiger partial charge in [0, 0.05) is 0 Å². The van der Waals surface area contributed by atoms with Gasteiger partial charge >= 0.3 is 0 Å². The Labute approximate surface area is 154 Å². The van der Waals surface area contributed by atoms with Crippen molar-refractivity contribution in [3.63, 3.8) is 0 Å². The van der Waals surface area contributed by atoms with Crippen molar-refractivity contribution in [3.8, 4) is 0 Å². The summed E-state index contributed by atoms with van der Waals surface area (Å²) in [6.07, 6.45) is 0. The highest BCUT2D eigenvalue weighted by molar-refractivity contribution is 7.71. The van der Waals surface area contributed by atoms with E-state index in [9.17, 15) is 4.79 Å². The first kappa shape index (κ1) is 16.3. The van der Waals surface area contributed by atoms with E-state index in [1.165, 1.54) is 0 Å². The van der Waals surface area contributed by atoms with Gasteiger partial charge in [-0.1, -0.05) is 60.7 Å². The highest BCUT2D eigenvalue weighted by Gasteiger charge is 2.16. The molecule has 2 aromatic carbocycles. The Kier molecular flexibility index (Phi) is 4.14. The molecule has 0 saturated carbocycles. The van der Waals surface area contributed by atoms with E-state index in [4.69, 9.17) is 18.0 Å². The van der Waals surface area contributed by atoms with Crippen molar-refractivity contribution in [1.29, 1.82) is 0 Å². The van der Waals surface area contributed by atoms with E-state index in [0.29, 0.717) is 29.0 Å². The SMILES string of the molecule is Nc1nc2c(c(=O)[nH]1)n(Cc1ccccc1)c(=S)n2Cc1ccccc1. The van der Waals surface area contributed by atoms with Crippen molar-refractivity contribution in [2.45, 2.75) is 13.1 Å². The Bertz CT molecular complexity index is 1180. The summed E-state index contributed by atoms with van der Waals surface area (Å²) in [5, 5.41) is 0. The molecule has 0 radical (unpaired) electrons. The molecule has 2 heterocycles. The van der Waals surface area contributed by atoms with Crippen LogP contribution in [0.15, 0.2) is 65.5 Å². The summed E-state index contributed by atoms with van der Waals surface area (Å²) in [5.41, 5.74) is 8.54. The fourth-order valence-electron chi connectivity index (χ4n) is 3.06. The van der Waals surface area contributed by atoms with Crippen LogP contribution in [0.25, 0.3) is 11.2 Å².